The van der Waals surface area contributed by atoms with Crippen molar-refractivity contribution in [2.24, 2.45) is 5.92 Å². The highest BCUT2D eigenvalue weighted by Gasteiger charge is 2.49. The quantitative estimate of drug-likeness (QED) is 0.547. The molecule has 38 heavy (non-hydrogen) atoms. The Bertz CT molecular complexity index is 1250. The molecule has 1 saturated heterocycles. The van der Waals surface area contributed by atoms with Crippen molar-refractivity contribution in [2.75, 3.05) is 25.0 Å². The number of aromatic nitrogens is 2. The van der Waals surface area contributed by atoms with E-state index in [1.165, 1.54) is 6.07 Å². The van der Waals surface area contributed by atoms with E-state index in [0.717, 1.165) is 36.4 Å². The van der Waals surface area contributed by atoms with Gasteiger partial charge in [-0.2, -0.15) is 18.3 Å². The summed E-state index contributed by atoms with van der Waals surface area (Å²) in [5.41, 5.74) is -0.127. The number of benzene rings is 1. The molecule has 1 N–H and O–H groups in total. The summed E-state index contributed by atoms with van der Waals surface area (Å²) in [7, 11) is 0. The number of hydrogen-bond donors (Lipinski definition) is 1. The van der Waals surface area contributed by atoms with Crippen molar-refractivity contribution < 1.29 is 27.5 Å². The third-order valence-electron chi connectivity index (χ3n) is 7.40. The molecule has 3 heterocycles. The molecule has 3 aliphatic rings. The topological polar surface area (TPSA) is 79.7 Å². The van der Waals surface area contributed by atoms with Gasteiger partial charge in [0.1, 0.15) is 11.1 Å². The molecule has 0 bridgehead atoms. The van der Waals surface area contributed by atoms with Crippen LogP contribution in [0.1, 0.15) is 56.9 Å². The molecular formula is C26H31ClF3N5O3. The Labute approximate surface area is 224 Å². The summed E-state index contributed by atoms with van der Waals surface area (Å²) >= 11 is 6.08. The van der Waals surface area contributed by atoms with Crippen molar-refractivity contribution in [3.05, 3.63) is 46.2 Å². The summed E-state index contributed by atoms with van der Waals surface area (Å²) in [6, 6.07) is 2.91. The first-order valence-electron chi connectivity index (χ1n) is 12.7. The highest BCUT2D eigenvalue weighted by Crippen LogP contribution is 2.43. The van der Waals surface area contributed by atoms with Gasteiger partial charge in [-0.1, -0.05) is 11.6 Å². The number of hydrogen-bond acceptors (Lipinski definition) is 5. The van der Waals surface area contributed by atoms with E-state index in [-0.39, 0.29) is 22.7 Å². The van der Waals surface area contributed by atoms with E-state index in [9.17, 15) is 22.8 Å². The highest BCUT2D eigenvalue weighted by atomic mass is 35.5. The third-order valence-corrected chi connectivity index (χ3v) is 7.71. The first kappa shape index (κ1) is 26.8. The second kappa shape index (κ2) is 9.44. The predicted octanol–water partition coefficient (Wildman–Crippen LogP) is 5.26. The van der Waals surface area contributed by atoms with E-state index in [2.05, 4.69) is 15.3 Å². The number of nitrogens with zero attached hydrogens (tertiary/aromatic N) is 4. The lowest BCUT2D eigenvalue weighted by molar-refractivity contribution is -0.137. The summed E-state index contributed by atoms with van der Waals surface area (Å²) in [6.07, 6.45) is -1.01. The number of ether oxygens (including phenoxy) is 1. The van der Waals surface area contributed by atoms with Crippen LogP contribution in [0.25, 0.3) is 0 Å². The average Bonchev–Trinajstić information content (AvgIpc) is 3.30. The summed E-state index contributed by atoms with van der Waals surface area (Å²) in [6.45, 7) is 8.99. The van der Waals surface area contributed by atoms with Crippen LogP contribution < -0.4 is 5.32 Å². The molecule has 0 radical (unpaired) electrons. The standard InChI is InChI=1S/C26H31ClF3N5O3/c1-24(2,3)38-23(37)34-12-16(13-34)11-33-14-17-10-31-35(21(17)15-33)25(7-4-8-25)22(36)32-20-6-5-18(9-19(20)27)26(28,29)30/h5-6,9-10,16H,4,7-8,11-15H2,1-3H3,(H,32,36). The number of carbonyl (C=O) groups is 2. The Kier molecular flexibility index (Phi) is 6.66. The van der Waals surface area contributed by atoms with E-state index in [1.807, 2.05) is 20.8 Å². The van der Waals surface area contributed by atoms with Crippen molar-refractivity contribution >= 4 is 29.3 Å². The van der Waals surface area contributed by atoms with E-state index >= 15 is 0 Å². The minimum atomic E-state index is -4.52. The lowest BCUT2D eigenvalue weighted by Gasteiger charge is -2.42. The Morgan fingerprint density at radius 1 is 1.18 bits per heavy atom. The lowest BCUT2D eigenvalue weighted by atomic mass is 9.75. The van der Waals surface area contributed by atoms with E-state index in [1.54, 1.807) is 15.8 Å². The molecule has 1 saturated carbocycles. The van der Waals surface area contributed by atoms with Crippen LogP contribution >= 0.6 is 11.6 Å². The van der Waals surface area contributed by atoms with Crippen molar-refractivity contribution in [1.29, 1.82) is 0 Å². The Hall–Kier alpha value is -2.79. The first-order valence-corrected chi connectivity index (χ1v) is 13.1. The number of anilines is 1. The number of fused-ring (bicyclic) bond motifs is 1. The van der Waals surface area contributed by atoms with E-state index in [0.29, 0.717) is 44.9 Å². The second-order valence-corrected chi connectivity index (χ2v) is 11.9. The van der Waals surface area contributed by atoms with Crippen LogP contribution in [0, 0.1) is 5.92 Å². The highest BCUT2D eigenvalue weighted by molar-refractivity contribution is 6.33. The summed E-state index contributed by atoms with van der Waals surface area (Å²) in [4.78, 5) is 29.7. The molecule has 2 aliphatic heterocycles. The molecule has 0 spiro atoms. The fraction of sp³-hybridized carbons (Fsp3) is 0.577. The monoisotopic (exact) mass is 553 g/mol. The van der Waals surface area contributed by atoms with Crippen LogP contribution in [0.15, 0.2) is 24.4 Å². The minimum Gasteiger partial charge on any atom is -0.444 e. The first-order chi connectivity index (χ1) is 17.7. The fourth-order valence-corrected chi connectivity index (χ4v) is 5.55. The molecule has 1 aromatic carbocycles. The molecule has 8 nitrogen and oxygen atoms in total. The van der Waals surface area contributed by atoms with Crippen LogP contribution in [0.5, 0.6) is 0 Å². The van der Waals surface area contributed by atoms with Crippen LogP contribution in [0.4, 0.5) is 23.7 Å². The summed E-state index contributed by atoms with van der Waals surface area (Å²) in [5, 5.41) is 7.13. The van der Waals surface area contributed by atoms with Crippen molar-refractivity contribution in [2.45, 2.75) is 70.4 Å². The second-order valence-electron chi connectivity index (χ2n) is 11.5. The largest absolute Gasteiger partial charge is 0.444 e. The zero-order valence-electron chi connectivity index (χ0n) is 21.6. The number of amides is 2. The van der Waals surface area contributed by atoms with Gasteiger partial charge in [-0.25, -0.2) is 4.79 Å². The number of likely N-dealkylation sites (tertiary alicyclic amines) is 1. The molecule has 1 aromatic heterocycles. The van der Waals surface area contributed by atoms with Crippen LogP contribution in [-0.2, 0) is 34.3 Å². The van der Waals surface area contributed by atoms with Crippen molar-refractivity contribution in [3.63, 3.8) is 0 Å². The van der Waals surface area contributed by atoms with Gasteiger partial charge in [0, 0.05) is 44.2 Å². The molecule has 12 heteroatoms. The number of carbonyl (C=O) groups excluding carboxylic acids is 2. The Morgan fingerprint density at radius 2 is 1.89 bits per heavy atom. The number of halogens is 4. The Morgan fingerprint density at radius 3 is 2.47 bits per heavy atom. The van der Waals surface area contributed by atoms with Gasteiger partial charge >= 0.3 is 12.3 Å². The maximum atomic E-state index is 13.4. The molecular weight excluding hydrogens is 523 g/mol. The van der Waals surface area contributed by atoms with Gasteiger partial charge in [-0.15, -0.1) is 0 Å². The van der Waals surface area contributed by atoms with Gasteiger partial charge in [0.15, 0.2) is 0 Å². The zero-order chi connectivity index (χ0) is 27.5. The van der Waals surface area contributed by atoms with Gasteiger partial charge in [0.2, 0.25) is 0 Å². The van der Waals surface area contributed by atoms with Gasteiger partial charge in [0.25, 0.3) is 5.91 Å². The number of alkyl halides is 3. The molecule has 2 amide bonds. The normalized spacial score (nSPS) is 19.5. The fourth-order valence-electron chi connectivity index (χ4n) is 5.32. The predicted molar refractivity (Wildman–Crippen MR) is 135 cm³/mol. The zero-order valence-corrected chi connectivity index (χ0v) is 22.3. The average molecular weight is 554 g/mol. The molecule has 0 unspecified atom stereocenters. The molecule has 0 atom stereocenters. The molecule has 5 rings (SSSR count). The molecule has 206 valence electrons. The third kappa shape index (κ3) is 5.10. The maximum absolute atomic E-state index is 13.4. The van der Waals surface area contributed by atoms with Crippen molar-refractivity contribution in [1.82, 2.24) is 19.6 Å². The minimum absolute atomic E-state index is 0.140. The van der Waals surface area contributed by atoms with Crippen LogP contribution in [0.2, 0.25) is 5.02 Å². The summed E-state index contributed by atoms with van der Waals surface area (Å²) in [5.74, 6) is 0.0115. The van der Waals surface area contributed by atoms with Crippen LogP contribution in [0.3, 0.4) is 0 Å². The van der Waals surface area contributed by atoms with Gasteiger partial charge < -0.3 is 15.0 Å². The number of rotatable bonds is 5. The lowest BCUT2D eigenvalue weighted by Crippen LogP contribution is -2.54. The molecule has 2 fully saturated rings. The van der Waals surface area contributed by atoms with Crippen LogP contribution in [-0.4, -0.2) is 56.8 Å². The Balaban J connectivity index is 1.22. The SMILES string of the molecule is CC(C)(C)OC(=O)N1CC(CN2Cc3cnn(C4(C(=O)Nc5ccc(C(F)(F)F)cc5Cl)CCC4)c3C2)C1. The van der Waals surface area contributed by atoms with Gasteiger partial charge in [0.05, 0.1) is 28.2 Å². The van der Waals surface area contributed by atoms with Gasteiger partial charge in [-0.05, 0) is 58.2 Å². The van der Waals surface area contributed by atoms with E-state index < -0.39 is 22.9 Å². The van der Waals surface area contributed by atoms with E-state index in [4.69, 9.17) is 16.3 Å². The number of nitrogens with one attached hydrogen (secondary N) is 1. The smallest absolute Gasteiger partial charge is 0.416 e. The van der Waals surface area contributed by atoms with Crippen molar-refractivity contribution in [3.8, 4) is 0 Å². The van der Waals surface area contributed by atoms with Gasteiger partial charge in [-0.3, -0.25) is 14.4 Å². The molecule has 1 aliphatic carbocycles. The molecule has 2 aromatic rings. The maximum Gasteiger partial charge on any atom is 0.416 e. The summed E-state index contributed by atoms with van der Waals surface area (Å²) < 4.78 is 46.2.